The van der Waals surface area contributed by atoms with Gasteiger partial charge in [0.1, 0.15) is 11.5 Å². The van der Waals surface area contributed by atoms with Gasteiger partial charge in [0.15, 0.2) is 0 Å². The number of hydrogen-bond acceptors (Lipinski definition) is 6. The number of hydrogen-bond donors (Lipinski definition) is 2. The molecule has 2 amide bonds. The maximum absolute atomic E-state index is 12.5. The third kappa shape index (κ3) is 14.4. The molecule has 2 aromatic carbocycles. The minimum absolute atomic E-state index is 0. The van der Waals surface area contributed by atoms with Crippen LogP contribution in [0.5, 0.6) is 11.5 Å². The van der Waals surface area contributed by atoms with Gasteiger partial charge in [0.05, 0.1) is 14.2 Å². The van der Waals surface area contributed by atoms with E-state index in [-0.39, 0.29) is 62.6 Å². The molecular weight excluding hydrogens is 667 g/mol. The number of methoxy groups -OCH3 is 2. The van der Waals surface area contributed by atoms with E-state index in [0.29, 0.717) is 0 Å². The van der Waals surface area contributed by atoms with Gasteiger partial charge in [0.2, 0.25) is 0 Å². The van der Waals surface area contributed by atoms with Crippen LogP contribution in [0.2, 0.25) is 0 Å². The van der Waals surface area contributed by atoms with E-state index in [4.69, 9.17) is 9.47 Å². The van der Waals surface area contributed by atoms with Gasteiger partial charge < -0.3 is 31.3 Å². The summed E-state index contributed by atoms with van der Waals surface area (Å²) in [6, 6.07) is 11.3. The summed E-state index contributed by atoms with van der Waals surface area (Å²) in [7, 11) is 3.29. The van der Waals surface area contributed by atoms with Crippen LogP contribution in [0.3, 0.4) is 0 Å². The zero-order valence-corrected chi connectivity index (χ0v) is 31.1. The fourth-order valence-electron chi connectivity index (χ4n) is 5.28. The van der Waals surface area contributed by atoms with Gasteiger partial charge in [-0.15, -0.1) is 19.0 Å². The standard InChI is InChI=1S/C16H22N2O2.C10H11NO2.C4H9N.C3H5Br.CH4.ClH.Na.H/c1-20-14-4-5-15-13(12-14)6-9-18(16(15)19)11-10-17-7-2-3-8-17;1-13-8-2-3-9-7(6-8)4-5-11-10(9)12;1-2-4-5-3-1;1-2-3-4;;;;/h4-5,12H,2-3,6-11H2,1H3;2-3,6H,4-5H2,1H3,(H,11,12);5H,1-4H2;2H,1,3H2;1H4;1H;;/q;;;;;;+1;-1. The smallest absolute Gasteiger partial charge is 1.00 e. The van der Waals surface area contributed by atoms with Crippen LogP contribution in [0.4, 0.5) is 0 Å². The van der Waals surface area contributed by atoms with Crippen molar-refractivity contribution in [2.75, 3.05) is 71.9 Å². The normalized spacial score (nSPS) is 16.0. The molecule has 4 heterocycles. The van der Waals surface area contributed by atoms with E-state index in [2.05, 4.69) is 38.0 Å². The van der Waals surface area contributed by atoms with E-state index in [9.17, 15) is 9.59 Å². The number of alkyl halides is 1. The van der Waals surface area contributed by atoms with Crippen molar-refractivity contribution in [2.45, 2.75) is 46.0 Å². The van der Waals surface area contributed by atoms with E-state index in [1.807, 2.05) is 41.3 Å². The molecule has 0 atom stereocenters. The Labute approximate surface area is 309 Å². The summed E-state index contributed by atoms with van der Waals surface area (Å²) in [6.45, 7) is 11.7. The van der Waals surface area contributed by atoms with Crippen LogP contribution in [0.25, 0.3) is 0 Å². The zero-order chi connectivity index (χ0) is 30.2. The molecule has 0 radical (unpaired) electrons. The molecule has 0 spiro atoms. The van der Waals surface area contributed by atoms with Gasteiger partial charge in [-0.05, 0) is 112 Å². The van der Waals surface area contributed by atoms with Gasteiger partial charge in [-0.1, -0.05) is 29.4 Å². The number of benzene rings is 2. The summed E-state index contributed by atoms with van der Waals surface area (Å²) in [6.07, 6.45) is 8.99. The Morgan fingerprint density at radius 2 is 1.42 bits per heavy atom. The van der Waals surface area contributed by atoms with Crippen molar-refractivity contribution in [1.29, 1.82) is 0 Å². The first-order chi connectivity index (χ1) is 20.5. The molecule has 0 saturated carbocycles. The maximum Gasteiger partial charge on any atom is 1.00 e. The monoisotopic (exact) mass is 718 g/mol. The number of ether oxygens (including phenoxy) is 2. The Bertz CT molecular complexity index is 1160. The molecule has 0 bridgehead atoms. The fourth-order valence-corrected chi connectivity index (χ4v) is 5.28. The van der Waals surface area contributed by atoms with Gasteiger partial charge in [-0.3, -0.25) is 9.59 Å². The topological polar surface area (TPSA) is 83.1 Å². The van der Waals surface area contributed by atoms with Crippen LogP contribution in [0.1, 0.15) is 66.4 Å². The number of rotatable bonds is 6. The molecule has 4 aliphatic rings. The summed E-state index contributed by atoms with van der Waals surface area (Å²) < 4.78 is 10.3. The van der Waals surface area contributed by atoms with Crippen molar-refractivity contribution < 1.29 is 50.0 Å². The summed E-state index contributed by atoms with van der Waals surface area (Å²) >= 11 is 3.13. The second-order valence-corrected chi connectivity index (χ2v) is 11.2. The van der Waals surface area contributed by atoms with Crippen LogP contribution in [0.15, 0.2) is 49.1 Å². The summed E-state index contributed by atoms with van der Waals surface area (Å²) in [5.41, 5.74) is 3.81. The van der Waals surface area contributed by atoms with Crippen LogP contribution in [-0.4, -0.2) is 93.5 Å². The van der Waals surface area contributed by atoms with E-state index in [1.54, 1.807) is 20.3 Å². The first-order valence-corrected chi connectivity index (χ1v) is 16.1. The minimum Gasteiger partial charge on any atom is -1.00 e. The Morgan fingerprint density at radius 3 is 1.93 bits per heavy atom. The van der Waals surface area contributed by atoms with Gasteiger partial charge in [-0.2, -0.15) is 0 Å². The molecule has 2 saturated heterocycles. The van der Waals surface area contributed by atoms with Crippen LogP contribution < -0.4 is 49.7 Å². The maximum atomic E-state index is 12.5. The number of amides is 2. The van der Waals surface area contributed by atoms with Crippen molar-refractivity contribution in [3.63, 3.8) is 0 Å². The van der Waals surface area contributed by atoms with Crippen LogP contribution in [-0.2, 0) is 12.8 Å². The van der Waals surface area contributed by atoms with Crippen LogP contribution >= 0.6 is 28.3 Å². The zero-order valence-electron chi connectivity index (χ0n) is 27.7. The first-order valence-electron chi connectivity index (χ1n) is 15.0. The van der Waals surface area contributed by atoms with E-state index in [0.717, 1.165) is 78.1 Å². The van der Waals surface area contributed by atoms with Gasteiger partial charge in [-0.25, -0.2) is 0 Å². The molecule has 0 aromatic heterocycles. The third-order valence-corrected chi connectivity index (χ3v) is 8.13. The number of nitrogens with zero attached hydrogens (tertiary/aromatic N) is 2. The molecule has 11 heteroatoms. The Kier molecular flexibility index (Phi) is 23.7. The predicted octanol–water partition coefficient (Wildman–Crippen LogP) is 2.88. The molecule has 2 N–H and O–H groups in total. The SMILES string of the molecule is C.C1CCNC1.C=CCBr.COc1ccc2c(c1)CCN(CCN1CCCC1)C2=O.COc1ccc2c(c1)CCNC2=O.Cl.[H-].[Na+]. The predicted molar refractivity (Wildman–Crippen MR) is 188 cm³/mol. The Morgan fingerprint density at radius 1 is 0.867 bits per heavy atom. The molecule has 8 nitrogen and oxygen atoms in total. The molecule has 0 aliphatic carbocycles. The van der Waals surface area contributed by atoms with Crippen molar-refractivity contribution in [3.8, 4) is 11.5 Å². The van der Waals surface area contributed by atoms with Gasteiger partial charge in [0.25, 0.3) is 11.8 Å². The van der Waals surface area contributed by atoms with Crippen LogP contribution in [0, 0.1) is 0 Å². The number of carbonyl (C=O) groups excluding carboxylic acids is 2. The number of halogens is 2. The number of fused-ring (bicyclic) bond motifs is 2. The minimum atomic E-state index is 0. The summed E-state index contributed by atoms with van der Waals surface area (Å²) in [5, 5.41) is 6.91. The molecule has 2 aromatic rings. The first kappa shape index (κ1) is 43.4. The number of likely N-dealkylation sites (tertiary alicyclic amines) is 1. The number of allylic oxidation sites excluding steroid dienone is 1. The molecule has 248 valence electrons. The van der Waals surface area contributed by atoms with E-state index < -0.39 is 0 Å². The summed E-state index contributed by atoms with van der Waals surface area (Å²) in [5.74, 6) is 1.84. The quantitative estimate of drug-likeness (QED) is 0.272. The second-order valence-electron chi connectivity index (χ2n) is 10.5. The summed E-state index contributed by atoms with van der Waals surface area (Å²) in [4.78, 5) is 28.3. The second kappa shape index (κ2) is 24.6. The van der Waals surface area contributed by atoms with E-state index in [1.165, 1.54) is 51.9 Å². The molecule has 2 fully saturated rings. The number of carbonyl (C=O) groups is 2. The molecule has 4 aliphatic heterocycles. The van der Waals surface area contributed by atoms with Crippen molar-refractivity contribution in [3.05, 3.63) is 71.3 Å². The number of nitrogens with one attached hydrogen (secondary N) is 2. The molecule has 45 heavy (non-hydrogen) atoms. The van der Waals surface area contributed by atoms with Gasteiger partial charge in [0, 0.05) is 42.6 Å². The molecule has 6 rings (SSSR count). The van der Waals surface area contributed by atoms with Crippen molar-refractivity contribution in [2.24, 2.45) is 0 Å². The fraction of sp³-hybridized carbons (Fsp3) is 0.529. The largest absolute Gasteiger partial charge is 1.00 e. The third-order valence-electron chi connectivity index (χ3n) is 7.67. The average molecular weight is 720 g/mol. The van der Waals surface area contributed by atoms with Gasteiger partial charge >= 0.3 is 29.6 Å². The van der Waals surface area contributed by atoms with Crippen molar-refractivity contribution >= 4 is 40.2 Å². The Hall–Kier alpha value is -1.59. The Balaban J connectivity index is 0. The van der Waals surface area contributed by atoms with Crippen molar-refractivity contribution in [1.82, 2.24) is 20.4 Å². The molecule has 0 unspecified atom stereocenters. The van der Waals surface area contributed by atoms with E-state index >= 15 is 0 Å². The molecular formula is C34H53BrClN4NaO4. The average Bonchev–Trinajstić information content (AvgIpc) is 3.79.